The highest BCUT2D eigenvalue weighted by Gasteiger charge is 2.35. The lowest BCUT2D eigenvalue weighted by atomic mass is 10.1. The maximum Gasteiger partial charge on any atom is 0.243 e. The molecule has 156 valence electrons. The van der Waals surface area contributed by atoms with Gasteiger partial charge in [0, 0.05) is 29.3 Å². The van der Waals surface area contributed by atoms with Crippen molar-refractivity contribution in [3.63, 3.8) is 0 Å². The number of rotatable bonds is 3. The van der Waals surface area contributed by atoms with E-state index in [1.54, 1.807) is 38.7 Å². The number of nitrogens with zero attached hydrogens (tertiary/aromatic N) is 2. The van der Waals surface area contributed by atoms with Crippen molar-refractivity contribution in [1.82, 2.24) is 4.31 Å². The van der Waals surface area contributed by atoms with Crippen LogP contribution in [0, 0.1) is 6.92 Å². The molecular weight excluding hydrogens is 408 g/mol. The van der Waals surface area contributed by atoms with Gasteiger partial charge in [-0.2, -0.15) is 4.31 Å². The first-order valence-electron chi connectivity index (χ1n) is 10.0. The third-order valence-electron chi connectivity index (χ3n) is 5.57. The molecule has 2 aromatic rings. The Labute approximate surface area is 176 Å². The summed E-state index contributed by atoms with van der Waals surface area (Å²) < 4.78 is 34.6. The number of ether oxygens (including phenoxy) is 1. The molecule has 1 unspecified atom stereocenters. The van der Waals surface area contributed by atoms with Gasteiger partial charge >= 0.3 is 0 Å². The van der Waals surface area contributed by atoms with Crippen LogP contribution in [0.3, 0.4) is 0 Å². The fourth-order valence-corrected chi connectivity index (χ4v) is 6.89. The van der Waals surface area contributed by atoms with Crippen LogP contribution in [-0.2, 0) is 14.8 Å². The maximum atomic E-state index is 13.6. The van der Waals surface area contributed by atoms with E-state index in [0.717, 1.165) is 30.6 Å². The smallest absolute Gasteiger partial charge is 0.243 e. The molecule has 0 radical (unpaired) electrons. The zero-order chi connectivity index (χ0) is 20.6. The van der Waals surface area contributed by atoms with Crippen molar-refractivity contribution in [2.24, 2.45) is 0 Å². The number of amides is 1. The van der Waals surface area contributed by atoms with Crippen molar-refractivity contribution in [2.75, 3.05) is 24.6 Å². The number of carbonyl (C=O) groups is 1. The normalized spacial score (nSPS) is 20.6. The van der Waals surface area contributed by atoms with E-state index in [1.165, 1.54) is 11.8 Å². The first-order valence-corrected chi connectivity index (χ1v) is 12.3. The molecule has 1 aromatic heterocycles. The molecule has 1 aromatic carbocycles. The standard InChI is InChI=1S/C21H26N2O4S2/c1-15-7-10-21(28-15)19-6-4-3-5-11-23(19)29(25,26)17-8-9-18-20(14-17)27-13-12-22(18)16(2)24/h7-10,14,19H,3-6,11-13H2,1-2H3. The molecule has 1 atom stereocenters. The van der Waals surface area contributed by atoms with Gasteiger partial charge in [-0.05, 0) is 44.0 Å². The Morgan fingerprint density at radius 1 is 1.14 bits per heavy atom. The average Bonchev–Trinajstić information content (AvgIpc) is 2.98. The lowest BCUT2D eigenvalue weighted by molar-refractivity contribution is -0.116. The molecule has 1 amide bonds. The number of thiophene rings is 1. The van der Waals surface area contributed by atoms with E-state index in [-0.39, 0.29) is 16.8 Å². The van der Waals surface area contributed by atoms with Crippen LogP contribution in [-0.4, -0.2) is 38.3 Å². The molecule has 2 aliphatic rings. The highest BCUT2D eigenvalue weighted by atomic mass is 32.2. The first kappa shape index (κ1) is 20.4. The number of anilines is 1. The SMILES string of the molecule is CC(=O)N1CCOc2cc(S(=O)(=O)N3CCCCCC3c3ccc(C)s3)ccc21. The largest absolute Gasteiger partial charge is 0.489 e. The molecule has 1 fully saturated rings. The molecule has 2 aliphatic heterocycles. The average molecular weight is 435 g/mol. The molecule has 1 saturated heterocycles. The van der Waals surface area contributed by atoms with Gasteiger partial charge in [0.05, 0.1) is 23.2 Å². The van der Waals surface area contributed by atoms with Crippen LogP contribution in [0.2, 0.25) is 0 Å². The number of hydrogen-bond acceptors (Lipinski definition) is 5. The minimum Gasteiger partial charge on any atom is -0.489 e. The van der Waals surface area contributed by atoms with Gasteiger partial charge in [-0.15, -0.1) is 11.3 Å². The number of fused-ring (bicyclic) bond motifs is 1. The summed E-state index contributed by atoms with van der Waals surface area (Å²) in [6, 6.07) is 8.83. The Kier molecular flexibility index (Phi) is 5.68. The van der Waals surface area contributed by atoms with Crippen molar-refractivity contribution >= 4 is 33.0 Å². The summed E-state index contributed by atoms with van der Waals surface area (Å²) in [5.41, 5.74) is 0.629. The van der Waals surface area contributed by atoms with E-state index in [2.05, 4.69) is 12.1 Å². The summed E-state index contributed by atoms with van der Waals surface area (Å²) in [4.78, 5) is 16.0. The molecule has 0 saturated carbocycles. The van der Waals surface area contributed by atoms with Crippen molar-refractivity contribution in [3.05, 3.63) is 40.1 Å². The van der Waals surface area contributed by atoms with Crippen molar-refractivity contribution in [1.29, 1.82) is 0 Å². The van der Waals surface area contributed by atoms with Gasteiger partial charge < -0.3 is 9.64 Å². The predicted octanol–water partition coefficient (Wildman–Crippen LogP) is 4.11. The zero-order valence-corrected chi connectivity index (χ0v) is 18.4. The van der Waals surface area contributed by atoms with E-state index in [9.17, 15) is 13.2 Å². The van der Waals surface area contributed by atoms with E-state index < -0.39 is 10.0 Å². The van der Waals surface area contributed by atoms with Crippen molar-refractivity contribution in [3.8, 4) is 5.75 Å². The Bertz CT molecular complexity index is 1020. The Balaban J connectivity index is 1.72. The Hall–Kier alpha value is -1.90. The Morgan fingerprint density at radius 2 is 1.97 bits per heavy atom. The maximum absolute atomic E-state index is 13.6. The van der Waals surface area contributed by atoms with Crippen LogP contribution in [0.1, 0.15) is 48.4 Å². The van der Waals surface area contributed by atoms with Gasteiger partial charge in [0.1, 0.15) is 12.4 Å². The van der Waals surface area contributed by atoms with Crippen LogP contribution in [0.4, 0.5) is 5.69 Å². The summed E-state index contributed by atoms with van der Waals surface area (Å²) in [5, 5.41) is 0. The highest BCUT2D eigenvalue weighted by Crippen LogP contribution is 2.40. The second-order valence-corrected chi connectivity index (χ2v) is 10.8. The Morgan fingerprint density at radius 3 is 2.69 bits per heavy atom. The zero-order valence-electron chi connectivity index (χ0n) is 16.8. The molecule has 0 spiro atoms. The topological polar surface area (TPSA) is 66.9 Å². The van der Waals surface area contributed by atoms with Gasteiger partial charge in [0.25, 0.3) is 0 Å². The van der Waals surface area contributed by atoms with E-state index in [4.69, 9.17) is 4.74 Å². The second kappa shape index (κ2) is 8.08. The van der Waals surface area contributed by atoms with Gasteiger partial charge in [0.2, 0.25) is 15.9 Å². The van der Waals surface area contributed by atoms with E-state index >= 15 is 0 Å². The van der Waals surface area contributed by atoms with Crippen LogP contribution in [0.25, 0.3) is 0 Å². The summed E-state index contributed by atoms with van der Waals surface area (Å²) in [5.74, 6) is 0.372. The van der Waals surface area contributed by atoms with Crippen LogP contribution < -0.4 is 9.64 Å². The van der Waals surface area contributed by atoms with Gasteiger partial charge in [-0.1, -0.05) is 12.8 Å². The van der Waals surface area contributed by atoms with Crippen molar-refractivity contribution < 1.29 is 17.9 Å². The van der Waals surface area contributed by atoms with Crippen LogP contribution >= 0.6 is 11.3 Å². The summed E-state index contributed by atoms with van der Waals surface area (Å²) >= 11 is 1.67. The third-order valence-corrected chi connectivity index (χ3v) is 8.58. The quantitative estimate of drug-likeness (QED) is 0.729. The lowest BCUT2D eigenvalue weighted by Gasteiger charge is -2.31. The number of hydrogen-bond donors (Lipinski definition) is 0. The molecule has 0 N–H and O–H groups in total. The molecule has 8 heteroatoms. The van der Waals surface area contributed by atoms with E-state index in [0.29, 0.717) is 31.1 Å². The second-order valence-electron chi connectivity index (χ2n) is 7.58. The predicted molar refractivity (Wildman–Crippen MR) is 114 cm³/mol. The fourth-order valence-electron chi connectivity index (χ4n) is 4.11. The monoisotopic (exact) mass is 434 g/mol. The van der Waals surface area contributed by atoms with E-state index in [1.807, 2.05) is 6.92 Å². The molecule has 0 bridgehead atoms. The van der Waals surface area contributed by atoms with Gasteiger partial charge in [-0.3, -0.25) is 4.79 Å². The van der Waals surface area contributed by atoms with Gasteiger partial charge in [-0.25, -0.2) is 8.42 Å². The molecule has 6 nitrogen and oxygen atoms in total. The molecule has 4 rings (SSSR count). The van der Waals surface area contributed by atoms with Crippen LogP contribution in [0.15, 0.2) is 35.2 Å². The van der Waals surface area contributed by atoms with Gasteiger partial charge in [0.15, 0.2) is 0 Å². The number of carbonyl (C=O) groups excluding carboxylic acids is 1. The number of sulfonamides is 1. The summed E-state index contributed by atoms with van der Waals surface area (Å²) in [6.45, 7) is 4.90. The minimum atomic E-state index is -3.69. The molecule has 29 heavy (non-hydrogen) atoms. The number of aryl methyl sites for hydroxylation is 1. The van der Waals surface area contributed by atoms with Crippen LogP contribution in [0.5, 0.6) is 5.75 Å². The first-order chi connectivity index (χ1) is 13.9. The number of benzene rings is 1. The third kappa shape index (κ3) is 3.93. The molecule has 3 heterocycles. The molecular formula is C21H26N2O4S2. The fraction of sp³-hybridized carbons (Fsp3) is 0.476. The molecule has 0 aliphatic carbocycles. The lowest BCUT2D eigenvalue weighted by Crippen LogP contribution is -2.37. The van der Waals surface area contributed by atoms with Crippen molar-refractivity contribution in [2.45, 2.75) is 50.5 Å². The summed E-state index contributed by atoms with van der Waals surface area (Å²) in [6.07, 6.45) is 3.75. The minimum absolute atomic E-state index is 0.0780. The summed E-state index contributed by atoms with van der Waals surface area (Å²) in [7, 11) is -3.69. The highest BCUT2D eigenvalue weighted by molar-refractivity contribution is 7.89.